The first kappa shape index (κ1) is 35.7. The van der Waals surface area contributed by atoms with Gasteiger partial charge in [0.1, 0.15) is 0 Å². The molecule has 0 spiro atoms. The standard InChI is InChI=1S/C36H66ClP/c1-5-9-12-15-18-22-31-38(37,32-23-19-16-13-10-6-2,33-24-20-17-14-11-7-3)34-25-21-26-36-29-27-35(8-4)28-30-36/h8,27-30H,4-7,9-26,31-34H2,1-3H3. The van der Waals surface area contributed by atoms with Gasteiger partial charge in [-0.2, -0.15) is 0 Å². The van der Waals surface area contributed by atoms with Gasteiger partial charge in [0.2, 0.25) is 0 Å². The van der Waals surface area contributed by atoms with Crippen LogP contribution in [0.15, 0.2) is 30.8 Å². The van der Waals surface area contributed by atoms with Crippen LogP contribution in [-0.2, 0) is 6.42 Å². The fraction of sp³-hybridized carbons (Fsp3) is 0.778. The molecular formula is C36H66ClP. The summed E-state index contributed by atoms with van der Waals surface area (Å²) < 4.78 is 0. The van der Waals surface area contributed by atoms with Crippen molar-refractivity contribution in [2.24, 2.45) is 0 Å². The van der Waals surface area contributed by atoms with Crippen LogP contribution in [0.4, 0.5) is 0 Å². The molecule has 1 aromatic carbocycles. The van der Waals surface area contributed by atoms with E-state index in [4.69, 9.17) is 11.2 Å². The maximum atomic E-state index is 8.16. The van der Waals surface area contributed by atoms with Gasteiger partial charge in [-0.3, -0.25) is 0 Å². The van der Waals surface area contributed by atoms with Crippen LogP contribution in [0, 0.1) is 0 Å². The van der Waals surface area contributed by atoms with Crippen molar-refractivity contribution in [3.63, 3.8) is 0 Å². The van der Waals surface area contributed by atoms with Gasteiger partial charge in [0, 0.05) is 0 Å². The third kappa shape index (κ3) is 16.7. The summed E-state index contributed by atoms with van der Waals surface area (Å²) in [7, 11) is 0. The Morgan fingerprint density at radius 1 is 0.526 bits per heavy atom. The molecular weight excluding hydrogens is 499 g/mol. The predicted molar refractivity (Wildman–Crippen MR) is 182 cm³/mol. The van der Waals surface area contributed by atoms with Crippen LogP contribution in [0.25, 0.3) is 6.08 Å². The van der Waals surface area contributed by atoms with Crippen molar-refractivity contribution in [3.8, 4) is 0 Å². The molecule has 222 valence electrons. The summed E-state index contributed by atoms with van der Waals surface area (Å²) in [5.74, 6) is -2.19. The second-order valence-electron chi connectivity index (χ2n) is 12.4. The zero-order chi connectivity index (χ0) is 27.8. The van der Waals surface area contributed by atoms with Gasteiger partial charge in [-0.05, 0) is 0 Å². The van der Waals surface area contributed by atoms with Gasteiger partial charge in [0.05, 0.1) is 0 Å². The molecule has 0 amide bonds. The van der Waals surface area contributed by atoms with Gasteiger partial charge in [0.15, 0.2) is 0 Å². The minimum absolute atomic E-state index is 1.19. The molecule has 38 heavy (non-hydrogen) atoms. The molecule has 0 fully saturated rings. The van der Waals surface area contributed by atoms with Gasteiger partial charge >= 0.3 is 246 Å². The second kappa shape index (κ2) is 22.4. The van der Waals surface area contributed by atoms with E-state index in [0.717, 1.165) is 0 Å². The molecule has 0 aliphatic carbocycles. The SMILES string of the molecule is C=Cc1ccc(CCCCP(Cl)(CCCCCCCC)(CCCCCCCC)CCCCCCCC)cc1. The minimum atomic E-state index is -2.19. The van der Waals surface area contributed by atoms with Crippen molar-refractivity contribution >= 4 is 23.3 Å². The Bertz CT molecular complexity index is 636. The first-order valence-electron chi connectivity index (χ1n) is 16.9. The molecule has 0 nitrogen and oxygen atoms in total. The third-order valence-electron chi connectivity index (χ3n) is 8.86. The fourth-order valence-electron chi connectivity index (χ4n) is 6.19. The summed E-state index contributed by atoms with van der Waals surface area (Å²) in [5, 5.41) is 0. The molecule has 0 aliphatic heterocycles. The number of aryl methyl sites for hydroxylation is 1. The number of hydrogen-bond donors (Lipinski definition) is 0. The van der Waals surface area contributed by atoms with Gasteiger partial charge < -0.3 is 0 Å². The molecule has 0 aromatic heterocycles. The summed E-state index contributed by atoms with van der Waals surface area (Å²) in [6.45, 7) is 10.9. The van der Waals surface area contributed by atoms with E-state index >= 15 is 0 Å². The average Bonchev–Trinajstić information content (AvgIpc) is 2.93. The van der Waals surface area contributed by atoms with Crippen molar-refractivity contribution in [1.29, 1.82) is 0 Å². The summed E-state index contributed by atoms with van der Waals surface area (Å²) in [5.41, 5.74) is 2.68. The van der Waals surface area contributed by atoms with Crippen molar-refractivity contribution in [2.75, 3.05) is 24.6 Å². The Hall–Kier alpha value is -0.320. The number of rotatable bonds is 27. The maximum absolute atomic E-state index is 8.16. The van der Waals surface area contributed by atoms with Crippen LogP contribution >= 0.6 is 17.2 Å². The molecule has 0 radical (unpaired) electrons. The van der Waals surface area contributed by atoms with Crippen LogP contribution in [0.1, 0.15) is 160 Å². The van der Waals surface area contributed by atoms with Gasteiger partial charge in [0.25, 0.3) is 0 Å². The van der Waals surface area contributed by atoms with E-state index in [9.17, 15) is 0 Å². The number of benzene rings is 1. The fourth-order valence-corrected chi connectivity index (χ4v) is 13.0. The second-order valence-corrected chi connectivity index (χ2v) is 20.7. The number of halogens is 1. The van der Waals surface area contributed by atoms with Crippen molar-refractivity contribution in [3.05, 3.63) is 42.0 Å². The summed E-state index contributed by atoms with van der Waals surface area (Å²) >= 11 is 8.16. The monoisotopic (exact) mass is 564 g/mol. The van der Waals surface area contributed by atoms with E-state index in [-0.39, 0.29) is 0 Å². The Balaban J connectivity index is 2.81. The number of unbranched alkanes of at least 4 members (excludes halogenated alkanes) is 16. The normalized spacial score (nSPS) is 12.9. The molecule has 0 atom stereocenters. The molecule has 0 saturated heterocycles. The van der Waals surface area contributed by atoms with Crippen LogP contribution in [-0.4, -0.2) is 24.6 Å². The zero-order valence-corrected chi connectivity index (χ0v) is 27.7. The molecule has 0 heterocycles. The van der Waals surface area contributed by atoms with Gasteiger partial charge in [-0.1, -0.05) is 0 Å². The average molecular weight is 565 g/mol. The molecule has 1 aromatic rings. The Morgan fingerprint density at radius 2 is 0.868 bits per heavy atom. The van der Waals surface area contributed by atoms with E-state index in [0.29, 0.717) is 0 Å². The molecule has 0 N–H and O–H groups in total. The Kier molecular flexibility index (Phi) is 21.0. The van der Waals surface area contributed by atoms with E-state index in [1.165, 1.54) is 171 Å². The quantitative estimate of drug-likeness (QED) is 0.0736. The van der Waals surface area contributed by atoms with Crippen LogP contribution in [0.5, 0.6) is 0 Å². The first-order chi connectivity index (χ1) is 18.5. The zero-order valence-electron chi connectivity index (χ0n) is 26.1. The van der Waals surface area contributed by atoms with Crippen LogP contribution in [0.2, 0.25) is 0 Å². The number of hydrogen-bond acceptors (Lipinski definition) is 0. The van der Waals surface area contributed by atoms with Crippen molar-refractivity contribution in [1.82, 2.24) is 0 Å². The molecule has 0 aliphatic rings. The Labute approximate surface area is 244 Å². The Morgan fingerprint density at radius 3 is 1.24 bits per heavy atom. The molecule has 1 rings (SSSR count). The van der Waals surface area contributed by atoms with E-state index < -0.39 is 5.96 Å². The van der Waals surface area contributed by atoms with E-state index in [1.54, 1.807) is 0 Å². The van der Waals surface area contributed by atoms with E-state index in [1.807, 2.05) is 6.08 Å². The first-order valence-corrected chi connectivity index (χ1v) is 20.8. The van der Waals surface area contributed by atoms with Crippen molar-refractivity contribution < 1.29 is 0 Å². The predicted octanol–water partition coefficient (Wildman–Crippen LogP) is 13.4. The molecule has 0 unspecified atom stereocenters. The summed E-state index contributed by atoms with van der Waals surface area (Å²) in [6.07, 6.45) is 36.1. The van der Waals surface area contributed by atoms with Crippen molar-refractivity contribution in [2.45, 2.75) is 156 Å². The van der Waals surface area contributed by atoms with Crippen LogP contribution < -0.4 is 0 Å². The van der Waals surface area contributed by atoms with E-state index in [2.05, 4.69) is 51.6 Å². The van der Waals surface area contributed by atoms with Crippen LogP contribution in [0.3, 0.4) is 0 Å². The molecule has 0 saturated carbocycles. The summed E-state index contributed by atoms with van der Waals surface area (Å²) in [4.78, 5) is 0. The summed E-state index contributed by atoms with van der Waals surface area (Å²) in [6, 6.07) is 9.00. The topological polar surface area (TPSA) is 0 Å². The van der Waals surface area contributed by atoms with Gasteiger partial charge in [-0.25, -0.2) is 0 Å². The molecule has 2 heteroatoms. The van der Waals surface area contributed by atoms with Gasteiger partial charge in [-0.15, -0.1) is 0 Å². The third-order valence-corrected chi connectivity index (χ3v) is 16.6. The molecule has 0 bridgehead atoms.